The minimum Gasteiger partial charge on any atom is -0.480 e. The van der Waals surface area contributed by atoms with Gasteiger partial charge in [0.25, 0.3) is 5.91 Å². The number of rotatable bonds is 6. The van der Waals surface area contributed by atoms with Crippen LogP contribution < -0.4 is 10.1 Å². The molecule has 9 heteroatoms. The summed E-state index contributed by atoms with van der Waals surface area (Å²) >= 11 is 1.32. The maximum absolute atomic E-state index is 13.1. The Morgan fingerprint density at radius 1 is 1.26 bits per heavy atom. The number of ether oxygens (including phenoxy) is 2. The third kappa shape index (κ3) is 3.53. The van der Waals surface area contributed by atoms with Gasteiger partial charge in [0.1, 0.15) is 17.3 Å². The normalized spacial score (nSPS) is 14.2. The van der Waals surface area contributed by atoms with E-state index in [4.69, 9.17) is 14.5 Å². The maximum Gasteiger partial charge on any atom is 0.266 e. The van der Waals surface area contributed by atoms with Crippen LogP contribution in [0.2, 0.25) is 0 Å². The van der Waals surface area contributed by atoms with E-state index in [1.807, 2.05) is 25.1 Å². The van der Waals surface area contributed by atoms with Crippen LogP contribution >= 0.6 is 11.3 Å². The topological polar surface area (TPSA) is 102 Å². The van der Waals surface area contributed by atoms with Crippen molar-refractivity contribution in [3.8, 4) is 5.88 Å². The zero-order valence-corrected chi connectivity index (χ0v) is 18.4. The number of benzene rings is 1. The molecule has 0 atom stereocenters. The van der Waals surface area contributed by atoms with E-state index in [2.05, 4.69) is 20.3 Å². The number of nitrogens with one attached hydrogen (secondary N) is 2. The molecule has 0 unspecified atom stereocenters. The Morgan fingerprint density at radius 3 is 2.81 bits per heavy atom. The highest BCUT2D eigenvalue weighted by molar-refractivity contribution is 7.20. The molecule has 3 aromatic heterocycles. The first-order valence-corrected chi connectivity index (χ1v) is 11.0. The van der Waals surface area contributed by atoms with Crippen LogP contribution in [0.15, 0.2) is 18.2 Å². The SMILES string of the molecule is COCc1nc(OC)c2c(C)c(C(=O)Nc3ccc4nc(C5CCC5)[nH]c4c3)sc2n1. The highest BCUT2D eigenvalue weighted by atomic mass is 32.1. The Bertz CT molecular complexity index is 1290. The van der Waals surface area contributed by atoms with Gasteiger partial charge >= 0.3 is 0 Å². The molecule has 1 amide bonds. The molecular weight excluding hydrogens is 414 g/mol. The van der Waals surface area contributed by atoms with Gasteiger partial charge < -0.3 is 19.8 Å². The zero-order chi connectivity index (χ0) is 21.5. The molecule has 1 fully saturated rings. The van der Waals surface area contributed by atoms with Crippen LogP contribution in [0.1, 0.15) is 52.1 Å². The van der Waals surface area contributed by atoms with Crippen molar-refractivity contribution in [2.45, 2.75) is 38.7 Å². The fraction of sp³-hybridized carbons (Fsp3) is 0.364. The number of H-pyrrole nitrogens is 1. The lowest BCUT2D eigenvalue weighted by Crippen LogP contribution is -2.11. The van der Waals surface area contributed by atoms with E-state index < -0.39 is 0 Å². The van der Waals surface area contributed by atoms with Crippen molar-refractivity contribution in [1.29, 1.82) is 0 Å². The molecule has 1 aromatic carbocycles. The quantitative estimate of drug-likeness (QED) is 0.459. The van der Waals surface area contributed by atoms with Gasteiger partial charge in [0.05, 0.1) is 28.4 Å². The summed E-state index contributed by atoms with van der Waals surface area (Å²) in [6.45, 7) is 2.16. The molecule has 4 aromatic rings. The Kier molecular flexibility index (Phi) is 5.07. The van der Waals surface area contributed by atoms with Crippen LogP contribution in [0, 0.1) is 6.92 Å². The van der Waals surface area contributed by atoms with Gasteiger partial charge in [0, 0.05) is 18.7 Å². The van der Waals surface area contributed by atoms with Gasteiger partial charge in [-0.3, -0.25) is 4.79 Å². The Hall–Kier alpha value is -3.04. The summed E-state index contributed by atoms with van der Waals surface area (Å²) in [4.78, 5) is 31.4. The number of anilines is 1. The predicted molar refractivity (Wildman–Crippen MR) is 120 cm³/mol. The number of carbonyl (C=O) groups is 1. The number of hydrogen-bond acceptors (Lipinski definition) is 7. The maximum atomic E-state index is 13.1. The summed E-state index contributed by atoms with van der Waals surface area (Å²) < 4.78 is 10.6. The lowest BCUT2D eigenvalue weighted by Gasteiger charge is -2.22. The number of nitrogens with zero attached hydrogens (tertiary/aromatic N) is 3. The Labute approximate surface area is 183 Å². The summed E-state index contributed by atoms with van der Waals surface area (Å²) in [5, 5.41) is 3.76. The van der Waals surface area contributed by atoms with Gasteiger partial charge in [0.15, 0.2) is 5.82 Å². The number of carbonyl (C=O) groups excluding carboxylic acids is 1. The van der Waals surface area contributed by atoms with Gasteiger partial charge in [-0.15, -0.1) is 11.3 Å². The molecule has 160 valence electrons. The summed E-state index contributed by atoms with van der Waals surface area (Å²) in [7, 11) is 3.15. The van der Waals surface area contributed by atoms with Crippen LogP contribution in [-0.4, -0.2) is 40.1 Å². The molecule has 31 heavy (non-hydrogen) atoms. The largest absolute Gasteiger partial charge is 0.480 e. The number of aryl methyl sites for hydroxylation is 1. The smallest absolute Gasteiger partial charge is 0.266 e. The fourth-order valence-electron chi connectivity index (χ4n) is 3.87. The van der Waals surface area contributed by atoms with Gasteiger partial charge in [0.2, 0.25) is 5.88 Å². The Balaban J connectivity index is 1.45. The minimum atomic E-state index is -0.186. The summed E-state index contributed by atoms with van der Waals surface area (Å²) in [6, 6.07) is 5.75. The molecule has 3 heterocycles. The number of fused-ring (bicyclic) bond motifs is 2. The number of aromatic amines is 1. The van der Waals surface area contributed by atoms with Crippen LogP contribution in [0.25, 0.3) is 21.3 Å². The first-order chi connectivity index (χ1) is 15.1. The van der Waals surface area contributed by atoms with Crippen molar-refractivity contribution in [3.05, 3.63) is 40.3 Å². The van der Waals surface area contributed by atoms with E-state index in [0.29, 0.717) is 27.3 Å². The van der Waals surface area contributed by atoms with Crippen molar-refractivity contribution >= 4 is 44.2 Å². The molecule has 0 radical (unpaired) electrons. The fourth-order valence-corrected chi connectivity index (χ4v) is 4.96. The number of amides is 1. The lowest BCUT2D eigenvalue weighted by atomic mass is 9.85. The van der Waals surface area contributed by atoms with Crippen molar-refractivity contribution < 1.29 is 14.3 Å². The van der Waals surface area contributed by atoms with Gasteiger partial charge in [-0.2, -0.15) is 4.98 Å². The predicted octanol–water partition coefficient (Wildman–Crippen LogP) is 4.55. The molecule has 5 rings (SSSR count). The number of thiophene rings is 1. The third-order valence-electron chi connectivity index (χ3n) is 5.73. The Morgan fingerprint density at radius 2 is 2.10 bits per heavy atom. The molecule has 1 aliphatic carbocycles. The molecule has 1 saturated carbocycles. The molecule has 0 bridgehead atoms. The second-order valence-corrected chi connectivity index (χ2v) is 8.75. The van der Waals surface area contributed by atoms with E-state index >= 15 is 0 Å². The highest BCUT2D eigenvalue weighted by Crippen LogP contribution is 2.37. The molecule has 8 nitrogen and oxygen atoms in total. The van der Waals surface area contributed by atoms with Crippen molar-refractivity contribution in [3.63, 3.8) is 0 Å². The van der Waals surface area contributed by atoms with Crippen LogP contribution in [-0.2, 0) is 11.3 Å². The third-order valence-corrected chi connectivity index (χ3v) is 6.91. The molecule has 1 aliphatic rings. The zero-order valence-electron chi connectivity index (χ0n) is 17.6. The molecule has 2 N–H and O–H groups in total. The van der Waals surface area contributed by atoms with Crippen LogP contribution in [0.5, 0.6) is 5.88 Å². The van der Waals surface area contributed by atoms with Crippen LogP contribution in [0.4, 0.5) is 5.69 Å². The van der Waals surface area contributed by atoms with Crippen molar-refractivity contribution in [2.24, 2.45) is 0 Å². The molecule has 0 spiro atoms. The average molecular weight is 438 g/mol. The summed E-state index contributed by atoms with van der Waals surface area (Å²) in [5.41, 5.74) is 3.37. The van der Waals surface area contributed by atoms with Gasteiger partial charge in [-0.25, -0.2) is 9.97 Å². The summed E-state index contributed by atoms with van der Waals surface area (Å²) in [5.74, 6) is 2.36. The second-order valence-electron chi connectivity index (χ2n) is 7.75. The number of aromatic nitrogens is 4. The van der Waals surface area contributed by atoms with E-state index in [1.165, 1.54) is 30.6 Å². The monoisotopic (exact) mass is 437 g/mol. The van der Waals surface area contributed by atoms with E-state index in [1.54, 1.807) is 14.2 Å². The minimum absolute atomic E-state index is 0.186. The molecule has 0 aliphatic heterocycles. The van der Waals surface area contributed by atoms with Gasteiger partial charge in [-0.05, 0) is 43.5 Å². The van der Waals surface area contributed by atoms with Crippen molar-refractivity contribution in [1.82, 2.24) is 19.9 Å². The van der Waals surface area contributed by atoms with E-state index in [-0.39, 0.29) is 12.5 Å². The highest BCUT2D eigenvalue weighted by Gasteiger charge is 2.23. The number of methoxy groups -OCH3 is 2. The van der Waals surface area contributed by atoms with Gasteiger partial charge in [-0.1, -0.05) is 6.42 Å². The number of hydrogen-bond donors (Lipinski definition) is 2. The van der Waals surface area contributed by atoms with Crippen molar-refractivity contribution in [2.75, 3.05) is 19.5 Å². The van der Waals surface area contributed by atoms with E-state index in [0.717, 1.165) is 33.5 Å². The number of imidazole rings is 1. The van der Waals surface area contributed by atoms with E-state index in [9.17, 15) is 4.79 Å². The lowest BCUT2D eigenvalue weighted by molar-refractivity contribution is 0.103. The summed E-state index contributed by atoms with van der Waals surface area (Å²) in [6.07, 6.45) is 3.64. The second kappa shape index (κ2) is 7.90. The molecule has 0 saturated heterocycles. The molecular formula is C22H23N5O3S. The first kappa shape index (κ1) is 19.9. The average Bonchev–Trinajstić information content (AvgIpc) is 3.27. The standard InChI is InChI=1S/C22H23N5O3S/c1-11-17-21(30-3)26-16(10-29-2)27-22(17)31-18(11)20(28)23-13-7-8-14-15(9-13)25-19(24-14)12-5-4-6-12/h7-9,12H,4-6,10H2,1-3H3,(H,23,28)(H,24,25). The van der Waals surface area contributed by atoms with Crippen LogP contribution in [0.3, 0.4) is 0 Å². The first-order valence-electron chi connectivity index (χ1n) is 10.2.